The lowest BCUT2D eigenvalue weighted by Crippen LogP contribution is -2.30. The van der Waals surface area contributed by atoms with Gasteiger partial charge in [-0.05, 0) is 12.1 Å². The van der Waals surface area contributed by atoms with Crippen molar-refractivity contribution in [2.75, 3.05) is 13.7 Å². The minimum atomic E-state index is -0.142. The fraction of sp³-hybridized carbons (Fsp3) is 0.364. The van der Waals surface area contributed by atoms with Gasteiger partial charge in [-0.25, -0.2) is 0 Å². The van der Waals surface area contributed by atoms with Crippen molar-refractivity contribution in [3.8, 4) is 5.88 Å². The van der Waals surface area contributed by atoms with Gasteiger partial charge in [0.05, 0.1) is 6.20 Å². The number of hydrogen-bond acceptors (Lipinski definition) is 5. The first-order valence-electron chi connectivity index (χ1n) is 5.43. The third kappa shape index (κ3) is 3.09. The molecule has 96 valence electrons. The number of nitrogens with zero attached hydrogens (tertiary/aromatic N) is 3. The molecule has 0 aliphatic carbocycles. The van der Waals surface area contributed by atoms with Crippen LogP contribution in [0, 0.1) is 6.92 Å². The molecule has 7 heteroatoms. The number of carbonyl (C=O) groups is 1. The minimum absolute atomic E-state index is 0.0691. The third-order valence-electron chi connectivity index (χ3n) is 2.35. The first-order valence-corrected chi connectivity index (χ1v) is 5.43. The average Bonchev–Trinajstić information content (AvgIpc) is 2.97. The molecule has 0 fully saturated rings. The van der Waals surface area contributed by atoms with Gasteiger partial charge >= 0.3 is 0 Å². The summed E-state index contributed by atoms with van der Waals surface area (Å²) >= 11 is 0. The molecule has 0 bridgehead atoms. The number of H-pyrrole nitrogens is 1. The first-order chi connectivity index (χ1) is 8.65. The Morgan fingerprint density at radius 2 is 2.44 bits per heavy atom. The van der Waals surface area contributed by atoms with Gasteiger partial charge in [0.1, 0.15) is 5.76 Å². The van der Waals surface area contributed by atoms with Gasteiger partial charge in [0.2, 0.25) is 0 Å². The zero-order chi connectivity index (χ0) is 13.0. The van der Waals surface area contributed by atoms with Crippen LogP contribution < -0.4 is 4.74 Å². The summed E-state index contributed by atoms with van der Waals surface area (Å²) in [6.07, 6.45) is 3.41. The topological polar surface area (TPSA) is 84.2 Å². The van der Waals surface area contributed by atoms with Crippen LogP contribution in [0.25, 0.3) is 0 Å². The average molecular weight is 250 g/mol. The number of nitrogens with one attached hydrogen (secondary N) is 1. The molecule has 2 heterocycles. The molecule has 0 aliphatic rings. The van der Waals surface area contributed by atoms with Crippen molar-refractivity contribution in [3.63, 3.8) is 0 Å². The van der Waals surface area contributed by atoms with E-state index in [1.165, 1.54) is 0 Å². The van der Waals surface area contributed by atoms with Gasteiger partial charge in [-0.15, -0.1) is 0 Å². The maximum atomic E-state index is 11.8. The Balaban J connectivity index is 1.80. The number of amides is 1. The first kappa shape index (κ1) is 12.2. The quantitative estimate of drug-likeness (QED) is 0.846. The Kier molecular flexibility index (Phi) is 3.61. The van der Waals surface area contributed by atoms with Gasteiger partial charge in [0.25, 0.3) is 11.8 Å². The normalized spacial score (nSPS) is 10.3. The van der Waals surface area contributed by atoms with E-state index in [4.69, 9.17) is 9.26 Å². The third-order valence-corrected chi connectivity index (χ3v) is 2.35. The Morgan fingerprint density at radius 1 is 1.61 bits per heavy atom. The van der Waals surface area contributed by atoms with Crippen molar-refractivity contribution in [1.29, 1.82) is 0 Å². The number of aromatic nitrogens is 3. The van der Waals surface area contributed by atoms with Crippen molar-refractivity contribution >= 4 is 5.91 Å². The predicted molar refractivity (Wildman–Crippen MR) is 61.8 cm³/mol. The molecule has 0 spiro atoms. The van der Waals surface area contributed by atoms with E-state index in [0.717, 1.165) is 5.56 Å². The molecule has 0 unspecified atom stereocenters. The van der Waals surface area contributed by atoms with E-state index in [1.54, 1.807) is 37.3 Å². The van der Waals surface area contributed by atoms with Gasteiger partial charge < -0.3 is 14.2 Å². The lowest BCUT2D eigenvalue weighted by Gasteiger charge is -2.15. The van der Waals surface area contributed by atoms with Gasteiger partial charge in [-0.2, -0.15) is 5.10 Å². The Hall–Kier alpha value is -2.31. The summed E-state index contributed by atoms with van der Waals surface area (Å²) in [5.41, 5.74) is 0.933. The molecule has 0 saturated carbocycles. The Morgan fingerprint density at radius 3 is 3.06 bits per heavy atom. The van der Waals surface area contributed by atoms with Crippen LogP contribution in [0.2, 0.25) is 0 Å². The van der Waals surface area contributed by atoms with Crippen LogP contribution in [-0.2, 0) is 11.3 Å². The number of likely N-dealkylation sites (N-methyl/N-ethyl adjacent to an activating group) is 1. The van der Waals surface area contributed by atoms with E-state index < -0.39 is 0 Å². The van der Waals surface area contributed by atoms with Crippen molar-refractivity contribution in [3.05, 3.63) is 29.8 Å². The molecule has 1 amide bonds. The molecular formula is C11H14N4O3. The highest BCUT2D eigenvalue weighted by Crippen LogP contribution is 2.10. The van der Waals surface area contributed by atoms with Crippen LogP contribution in [0.5, 0.6) is 5.88 Å². The standard InChI is InChI=1S/C11H14N4O3/c1-8-3-10(14-18-8)17-7-11(16)15(2)6-9-4-12-13-5-9/h3-5H,6-7H2,1-2H3,(H,12,13). The summed E-state index contributed by atoms with van der Waals surface area (Å²) in [4.78, 5) is 13.3. The number of ether oxygens (including phenoxy) is 1. The predicted octanol–water partition coefficient (Wildman–Crippen LogP) is 0.744. The summed E-state index contributed by atoms with van der Waals surface area (Å²) in [7, 11) is 1.70. The summed E-state index contributed by atoms with van der Waals surface area (Å²) in [6.45, 7) is 2.17. The number of hydrogen-bond donors (Lipinski definition) is 1. The van der Waals surface area contributed by atoms with Crippen LogP contribution in [0.3, 0.4) is 0 Å². The largest absolute Gasteiger partial charge is 0.465 e. The zero-order valence-electron chi connectivity index (χ0n) is 10.2. The van der Waals surface area contributed by atoms with Crippen molar-refractivity contribution in [1.82, 2.24) is 20.3 Å². The molecule has 2 rings (SSSR count). The summed E-state index contributed by atoms with van der Waals surface area (Å²) < 4.78 is 10.0. The van der Waals surface area contributed by atoms with Crippen LogP contribution in [0.4, 0.5) is 0 Å². The molecular weight excluding hydrogens is 236 g/mol. The highest BCUT2D eigenvalue weighted by Gasteiger charge is 2.11. The highest BCUT2D eigenvalue weighted by atomic mass is 16.5. The zero-order valence-corrected chi connectivity index (χ0v) is 10.2. The van der Waals surface area contributed by atoms with E-state index in [1.807, 2.05) is 0 Å². The van der Waals surface area contributed by atoms with E-state index in [9.17, 15) is 4.79 Å². The molecule has 0 radical (unpaired) electrons. The fourth-order valence-corrected chi connectivity index (χ4v) is 1.38. The maximum Gasteiger partial charge on any atom is 0.260 e. The molecule has 0 saturated heterocycles. The molecule has 0 aliphatic heterocycles. The molecule has 2 aromatic heterocycles. The number of rotatable bonds is 5. The van der Waals surface area contributed by atoms with E-state index in [0.29, 0.717) is 18.2 Å². The monoisotopic (exact) mass is 250 g/mol. The highest BCUT2D eigenvalue weighted by molar-refractivity contribution is 5.77. The van der Waals surface area contributed by atoms with Crippen molar-refractivity contribution in [2.45, 2.75) is 13.5 Å². The molecule has 18 heavy (non-hydrogen) atoms. The smallest absolute Gasteiger partial charge is 0.260 e. The Labute approximate surface area is 104 Å². The van der Waals surface area contributed by atoms with Crippen molar-refractivity contribution in [2.24, 2.45) is 0 Å². The Bertz CT molecular complexity index is 506. The maximum absolute atomic E-state index is 11.8. The van der Waals surface area contributed by atoms with Crippen molar-refractivity contribution < 1.29 is 14.1 Å². The van der Waals surface area contributed by atoms with Gasteiger partial charge in [0, 0.05) is 31.4 Å². The second kappa shape index (κ2) is 5.35. The summed E-state index contributed by atoms with van der Waals surface area (Å²) in [5, 5.41) is 10.1. The van der Waals surface area contributed by atoms with E-state index in [-0.39, 0.29) is 12.5 Å². The van der Waals surface area contributed by atoms with Crippen LogP contribution in [-0.4, -0.2) is 39.8 Å². The number of carbonyl (C=O) groups excluding carboxylic acids is 1. The number of aromatic amines is 1. The molecule has 0 aromatic carbocycles. The van der Waals surface area contributed by atoms with E-state index >= 15 is 0 Å². The van der Waals surface area contributed by atoms with Crippen LogP contribution in [0.15, 0.2) is 23.0 Å². The molecule has 7 nitrogen and oxygen atoms in total. The van der Waals surface area contributed by atoms with Gasteiger partial charge in [-0.1, -0.05) is 0 Å². The SMILES string of the molecule is Cc1cc(OCC(=O)N(C)Cc2cn[nH]c2)no1. The summed E-state index contributed by atoms with van der Waals surface area (Å²) in [5.74, 6) is 0.818. The second-order valence-corrected chi connectivity index (χ2v) is 3.92. The van der Waals surface area contributed by atoms with Crippen LogP contribution >= 0.6 is 0 Å². The molecule has 1 N–H and O–H groups in total. The second-order valence-electron chi connectivity index (χ2n) is 3.92. The number of aryl methyl sites for hydroxylation is 1. The summed E-state index contributed by atoms with van der Waals surface area (Å²) in [6, 6.07) is 1.63. The molecule has 0 atom stereocenters. The lowest BCUT2D eigenvalue weighted by molar-refractivity contribution is -0.132. The van der Waals surface area contributed by atoms with Gasteiger partial charge in [0.15, 0.2) is 6.61 Å². The fourth-order valence-electron chi connectivity index (χ4n) is 1.38. The molecule has 2 aromatic rings. The van der Waals surface area contributed by atoms with Gasteiger partial charge in [-0.3, -0.25) is 9.89 Å². The minimum Gasteiger partial charge on any atom is -0.465 e. The van der Waals surface area contributed by atoms with E-state index in [2.05, 4.69) is 15.4 Å². The lowest BCUT2D eigenvalue weighted by atomic mass is 10.3. The van der Waals surface area contributed by atoms with Crippen LogP contribution in [0.1, 0.15) is 11.3 Å².